The van der Waals surface area contributed by atoms with Gasteiger partial charge in [-0.2, -0.15) is 5.10 Å². The highest BCUT2D eigenvalue weighted by Gasteiger charge is 2.26. The summed E-state index contributed by atoms with van der Waals surface area (Å²) in [6, 6.07) is 2.88. The molecule has 8 heteroatoms. The first-order valence-corrected chi connectivity index (χ1v) is 8.49. The highest BCUT2D eigenvalue weighted by Crippen LogP contribution is 2.36. The maximum Gasteiger partial charge on any atom is 0.311 e. The molecule has 3 rings (SSSR count). The highest BCUT2D eigenvalue weighted by atomic mass is 16.6. The zero-order valence-electron chi connectivity index (χ0n) is 14.1. The van der Waals surface area contributed by atoms with E-state index in [1.165, 1.54) is 12.1 Å². The van der Waals surface area contributed by atoms with Gasteiger partial charge in [-0.05, 0) is 38.5 Å². The van der Waals surface area contributed by atoms with Crippen LogP contribution in [0.3, 0.4) is 0 Å². The van der Waals surface area contributed by atoms with Crippen molar-refractivity contribution in [2.45, 2.75) is 45.1 Å². The second-order valence-corrected chi connectivity index (χ2v) is 6.45. The van der Waals surface area contributed by atoms with E-state index in [1.807, 2.05) is 4.68 Å². The number of esters is 1. The van der Waals surface area contributed by atoms with Crippen molar-refractivity contribution in [2.24, 2.45) is 5.92 Å². The Kier molecular flexibility index (Phi) is 4.87. The number of nitro benzene ring substituents is 1. The van der Waals surface area contributed by atoms with Crippen LogP contribution in [0.1, 0.15) is 45.1 Å². The zero-order valence-corrected chi connectivity index (χ0v) is 14.1. The third-order valence-corrected chi connectivity index (χ3v) is 4.77. The molecular weight excluding hydrogens is 326 g/mol. The first-order chi connectivity index (χ1) is 12.0. The molecule has 0 aliphatic heterocycles. The third-order valence-electron chi connectivity index (χ3n) is 4.77. The van der Waals surface area contributed by atoms with E-state index in [4.69, 9.17) is 4.74 Å². The van der Waals surface area contributed by atoms with Gasteiger partial charge in [0, 0.05) is 30.1 Å². The Morgan fingerprint density at radius 2 is 2.12 bits per heavy atom. The molecule has 0 amide bonds. The topological polar surface area (TPSA) is 107 Å². The number of aromatic hydroxyl groups is 1. The Hall–Kier alpha value is -2.64. The van der Waals surface area contributed by atoms with Gasteiger partial charge in [0.25, 0.3) is 0 Å². The van der Waals surface area contributed by atoms with Gasteiger partial charge in [-0.25, -0.2) is 0 Å². The van der Waals surface area contributed by atoms with Crippen molar-refractivity contribution in [3.05, 3.63) is 28.4 Å². The van der Waals surface area contributed by atoms with E-state index in [1.54, 1.807) is 13.1 Å². The lowest BCUT2D eigenvalue weighted by molar-refractivity contribution is -0.385. The van der Waals surface area contributed by atoms with Crippen LogP contribution in [0.4, 0.5) is 5.69 Å². The van der Waals surface area contributed by atoms with Crippen LogP contribution in [0.25, 0.3) is 10.9 Å². The molecule has 25 heavy (non-hydrogen) atoms. The Labute approximate surface area is 144 Å². The van der Waals surface area contributed by atoms with Crippen LogP contribution in [0.15, 0.2) is 18.3 Å². The van der Waals surface area contributed by atoms with Gasteiger partial charge in [0.2, 0.25) is 0 Å². The number of carbonyl (C=O) groups excluding carboxylic acids is 1. The number of rotatable bonds is 5. The standard InChI is InChI=1S/C17H21N3O5/c1-2-25-17(22)7-11-3-5-13(6-4-11)19-10-12-8-15(20(23)24)16(21)9-14(12)18-19/h8-11,13,21H,2-7H2,1H3. The van der Waals surface area contributed by atoms with Crippen LogP contribution in [-0.2, 0) is 9.53 Å². The predicted molar refractivity (Wildman–Crippen MR) is 90.3 cm³/mol. The minimum Gasteiger partial charge on any atom is -0.502 e. The number of aromatic nitrogens is 2. The van der Waals surface area contributed by atoms with Crippen molar-refractivity contribution < 1.29 is 19.6 Å². The monoisotopic (exact) mass is 347 g/mol. The van der Waals surface area contributed by atoms with Gasteiger partial charge >= 0.3 is 11.7 Å². The van der Waals surface area contributed by atoms with Crippen molar-refractivity contribution in [3.63, 3.8) is 0 Å². The lowest BCUT2D eigenvalue weighted by atomic mass is 9.84. The number of benzene rings is 1. The minimum atomic E-state index is -0.604. The Bertz CT molecular complexity index is 793. The van der Waals surface area contributed by atoms with Gasteiger partial charge < -0.3 is 9.84 Å². The van der Waals surface area contributed by atoms with Gasteiger partial charge in [0.15, 0.2) is 5.75 Å². The van der Waals surface area contributed by atoms with Crippen molar-refractivity contribution in [1.29, 1.82) is 0 Å². The maximum absolute atomic E-state index is 11.6. The lowest BCUT2D eigenvalue weighted by Gasteiger charge is -2.28. The molecule has 0 radical (unpaired) electrons. The molecule has 0 unspecified atom stereocenters. The molecule has 1 saturated carbocycles. The van der Waals surface area contributed by atoms with Gasteiger partial charge in [-0.15, -0.1) is 0 Å². The molecule has 1 heterocycles. The number of carbonyl (C=O) groups is 1. The van der Waals surface area contributed by atoms with Crippen LogP contribution >= 0.6 is 0 Å². The summed E-state index contributed by atoms with van der Waals surface area (Å²) in [6.45, 7) is 2.21. The summed E-state index contributed by atoms with van der Waals surface area (Å²) in [7, 11) is 0. The maximum atomic E-state index is 11.6. The lowest BCUT2D eigenvalue weighted by Crippen LogP contribution is -2.21. The molecule has 0 atom stereocenters. The van der Waals surface area contributed by atoms with Crippen molar-refractivity contribution in [1.82, 2.24) is 9.78 Å². The molecule has 134 valence electrons. The molecule has 0 bridgehead atoms. The summed E-state index contributed by atoms with van der Waals surface area (Å²) in [6.07, 6.45) is 5.88. The number of nitro groups is 1. The van der Waals surface area contributed by atoms with Crippen molar-refractivity contribution >= 4 is 22.6 Å². The number of phenolic OH excluding ortho intramolecular Hbond substituents is 1. The van der Waals surface area contributed by atoms with Gasteiger partial charge in [0.1, 0.15) is 0 Å². The van der Waals surface area contributed by atoms with Gasteiger partial charge in [-0.1, -0.05) is 0 Å². The quantitative estimate of drug-likeness (QED) is 0.505. The van der Waals surface area contributed by atoms with E-state index in [0.717, 1.165) is 25.7 Å². The Morgan fingerprint density at radius 3 is 2.76 bits per heavy atom. The fourth-order valence-corrected chi connectivity index (χ4v) is 3.47. The number of hydrogen-bond acceptors (Lipinski definition) is 6. The molecule has 0 saturated heterocycles. The number of nitrogens with zero attached hydrogens (tertiary/aromatic N) is 3. The average molecular weight is 347 g/mol. The fraction of sp³-hybridized carbons (Fsp3) is 0.529. The van der Waals surface area contributed by atoms with E-state index < -0.39 is 4.92 Å². The molecule has 0 spiro atoms. The normalized spacial score (nSPS) is 20.5. The Morgan fingerprint density at radius 1 is 1.40 bits per heavy atom. The molecule has 1 N–H and O–H groups in total. The smallest absolute Gasteiger partial charge is 0.311 e. The molecule has 1 aromatic carbocycles. The molecule has 1 fully saturated rings. The summed E-state index contributed by atoms with van der Waals surface area (Å²) in [4.78, 5) is 21.9. The minimum absolute atomic E-state index is 0.140. The fourth-order valence-electron chi connectivity index (χ4n) is 3.47. The molecule has 1 aliphatic carbocycles. The van der Waals surface area contributed by atoms with E-state index in [-0.39, 0.29) is 23.4 Å². The number of phenols is 1. The van der Waals surface area contributed by atoms with Crippen LogP contribution in [0.2, 0.25) is 0 Å². The van der Waals surface area contributed by atoms with Crippen LogP contribution < -0.4 is 0 Å². The highest BCUT2D eigenvalue weighted by molar-refractivity contribution is 5.83. The predicted octanol–water partition coefficient (Wildman–Crippen LogP) is 3.33. The molecule has 8 nitrogen and oxygen atoms in total. The first kappa shape index (κ1) is 17.2. The summed E-state index contributed by atoms with van der Waals surface area (Å²) in [5.74, 6) is -0.176. The largest absolute Gasteiger partial charge is 0.502 e. The van der Waals surface area contributed by atoms with Crippen molar-refractivity contribution in [3.8, 4) is 5.75 Å². The SMILES string of the molecule is CCOC(=O)CC1CCC(n2cc3cc([N+](=O)[O-])c(O)cc3n2)CC1. The van der Waals surface area contributed by atoms with Crippen LogP contribution in [0, 0.1) is 16.0 Å². The van der Waals surface area contributed by atoms with Gasteiger partial charge in [0.05, 0.1) is 23.1 Å². The van der Waals surface area contributed by atoms with Crippen LogP contribution in [-0.4, -0.2) is 32.4 Å². The summed E-state index contributed by atoms with van der Waals surface area (Å²) in [5.41, 5.74) is 0.224. The van der Waals surface area contributed by atoms with E-state index in [2.05, 4.69) is 5.10 Å². The molecule has 2 aromatic rings. The number of fused-ring (bicyclic) bond motifs is 1. The molecule has 1 aromatic heterocycles. The van der Waals surface area contributed by atoms with Gasteiger partial charge in [-0.3, -0.25) is 19.6 Å². The second kappa shape index (κ2) is 7.08. The summed E-state index contributed by atoms with van der Waals surface area (Å²) in [5, 5.41) is 25.7. The Balaban J connectivity index is 1.69. The molecular formula is C17H21N3O5. The van der Waals surface area contributed by atoms with Crippen LogP contribution in [0.5, 0.6) is 5.75 Å². The number of hydrogen-bond donors (Lipinski definition) is 1. The average Bonchev–Trinajstić information content (AvgIpc) is 2.97. The zero-order chi connectivity index (χ0) is 18.0. The summed E-state index contributed by atoms with van der Waals surface area (Å²) < 4.78 is 6.83. The second-order valence-electron chi connectivity index (χ2n) is 6.45. The van der Waals surface area contributed by atoms with Crippen molar-refractivity contribution in [2.75, 3.05) is 6.61 Å². The first-order valence-electron chi connectivity index (χ1n) is 8.49. The van der Waals surface area contributed by atoms with E-state index in [0.29, 0.717) is 29.8 Å². The van der Waals surface area contributed by atoms with E-state index >= 15 is 0 Å². The van der Waals surface area contributed by atoms with E-state index in [9.17, 15) is 20.0 Å². The third kappa shape index (κ3) is 3.72. The molecule has 1 aliphatic rings. The number of ether oxygens (including phenoxy) is 1. The summed E-state index contributed by atoms with van der Waals surface area (Å²) >= 11 is 0.